The highest BCUT2D eigenvalue weighted by molar-refractivity contribution is 7.86. The van der Waals surface area contributed by atoms with E-state index in [-0.39, 0.29) is 13.0 Å². The zero-order valence-electron chi connectivity index (χ0n) is 24.1. The summed E-state index contributed by atoms with van der Waals surface area (Å²) in [7, 11) is -4.60. The molecular formula is C31H32F3N3O6S. The van der Waals surface area contributed by atoms with Gasteiger partial charge in [0.2, 0.25) is 0 Å². The first-order chi connectivity index (χ1) is 20.8. The minimum atomic E-state index is -5.05. The van der Waals surface area contributed by atoms with Crippen molar-refractivity contribution in [3.8, 4) is 11.5 Å². The molecule has 1 unspecified atom stereocenters. The van der Waals surface area contributed by atoms with Crippen LogP contribution in [0.5, 0.6) is 11.5 Å². The Bertz CT molecular complexity index is 1780. The highest BCUT2D eigenvalue weighted by Gasteiger charge is 2.45. The van der Waals surface area contributed by atoms with E-state index in [4.69, 9.17) is 9.73 Å². The second-order valence-corrected chi connectivity index (χ2v) is 12.6. The number of halogens is 3. The van der Waals surface area contributed by atoms with Crippen LogP contribution in [0.1, 0.15) is 55.4 Å². The van der Waals surface area contributed by atoms with Crippen LogP contribution in [0.4, 0.5) is 30.2 Å². The summed E-state index contributed by atoms with van der Waals surface area (Å²) in [5.41, 5.74) is 2.76. The van der Waals surface area contributed by atoms with Crippen LogP contribution < -0.4 is 20.2 Å². The molecule has 2 aliphatic rings. The summed E-state index contributed by atoms with van der Waals surface area (Å²) >= 11 is 0. The Kier molecular flexibility index (Phi) is 8.98. The van der Waals surface area contributed by atoms with Gasteiger partial charge in [-0.05, 0) is 84.3 Å². The molecule has 3 aromatic carbocycles. The van der Waals surface area contributed by atoms with Gasteiger partial charge >= 0.3 is 6.18 Å². The van der Waals surface area contributed by atoms with E-state index in [1.54, 1.807) is 0 Å². The lowest BCUT2D eigenvalue weighted by atomic mass is 9.99. The van der Waals surface area contributed by atoms with Crippen LogP contribution in [-0.4, -0.2) is 38.4 Å². The number of hydrogen-bond donors (Lipinski definition) is 0. The fourth-order valence-corrected chi connectivity index (χ4v) is 6.54. The van der Waals surface area contributed by atoms with Gasteiger partial charge < -0.3 is 9.64 Å². The van der Waals surface area contributed by atoms with Gasteiger partial charge in [-0.2, -0.15) is 21.6 Å². The zero-order valence-corrected chi connectivity index (χ0v) is 24.9. The molecule has 0 spiro atoms. The number of fused-ring (bicyclic) bond motifs is 3. The van der Waals surface area contributed by atoms with Crippen LogP contribution in [0.2, 0.25) is 0 Å². The molecule has 0 fully saturated rings. The highest BCUT2D eigenvalue weighted by atomic mass is 32.2. The lowest BCUT2D eigenvalue weighted by Gasteiger charge is -2.32. The van der Waals surface area contributed by atoms with E-state index < -0.39 is 44.3 Å². The van der Waals surface area contributed by atoms with Gasteiger partial charge in [-0.25, -0.2) is 4.99 Å². The third kappa shape index (κ3) is 7.05. The number of nitrogens with zero attached hydrogens (tertiary/aromatic N) is 3. The molecule has 0 N–H and O–H groups in total. The number of hydrogen-bond acceptors (Lipinski definition) is 8. The summed E-state index contributed by atoms with van der Waals surface area (Å²) in [6.07, 6.45) is -3.16. The summed E-state index contributed by atoms with van der Waals surface area (Å²) in [5, 5.41) is 12.5. The van der Waals surface area contributed by atoms with Gasteiger partial charge in [-0.3, -0.25) is 14.3 Å². The third-order valence-corrected chi connectivity index (χ3v) is 8.96. The summed E-state index contributed by atoms with van der Waals surface area (Å²) in [6.45, 7) is 7.19. The van der Waals surface area contributed by atoms with E-state index in [9.17, 15) is 31.7 Å². The first-order valence-corrected chi connectivity index (χ1v) is 15.9. The molecule has 2 heterocycles. The molecule has 9 nitrogen and oxygen atoms in total. The smallest absolute Gasteiger partial charge is 0.420 e. The van der Waals surface area contributed by atoms with Gasteiger partial charge in [0.25, 0.3) is 15.8 Å². The van der Waals surface area contributed by atoms with E-state index in [2.05, 4.69) is 17.7 Å². The van der Waals surface area contributed by atoms with Crippen LogP contribution >= 0.6 is 0 Å². The summed E-state index contributed by atoms with van der Waals surface area (Å²) in [4.78, 5) is 16.9. The molecule has 234 valence electrons. The van der Waals surface area contributed by atoms with Crippen molar-refractivity contribution in [2.45, 2.75) is 57.7 Å². The fourth-order valence-electron chi connectivity index (χ4n) is 5.45. The van der Waals surface area contributed by atoms with Gasteiger partial charge in [0.05, 0.1) is 10.7 Å². The van der Waals surface area contributed by atoms with Crippen LogP contribution in [-0.2, 0) is 27.1 Å². The second-order valence-electron chi connectivity index (χ2n) is 10.9. The molecule has 3 aromatic rings. The average molecular weight is 632 g/mol. The molecule has 0 saturated heterocycles. The molecule has 2 aliphatic heterocycles. The van der Waals surface area contributed by atoms with Crippen molar-refractivity contribution in [3.63, 3.8) is 0 Å². The van der Waals surface area contributed by atoms with E-state index in [1.807, 2.05) is 29.2 Å². The van der Waals surface area contributed by atoms with Gasteiger partial charge in [-0.1, -0.05) is 19.9 Å². The monoisotopic (exact) mass is 631 g/mol. The third-order valence-electron chi connectivity index (χ3n) is 7.69. The minimum Gasteiger partial charge on any atom is -0.453 e. The van der Waals surface area contributed by atoms with E-state index >= 15 is 0 Å². The topological polar surface area (TPSA) is 111 Å². The van der Waals surface area contributed by atoms with Crippen molar-refractivity contribution >= 4 is 33.8 Å². The number of nitro benzene ring substituents is 1. The van der Waals surface area contributed by atoms with Crippen molar-refractivity contribution in [2.24, 2.45) is 4.99 Å². The number of nitro groups is 1. The second kappa shape index (κ2) is 12.6. The maximum absolute atomic E-state index is 13.7. The molecule has 0 bridgehead atoms. The van der Waals surface area contributed by atoms with Crippen molar-refractivity contribution in [1.29, 1.82) is 0 Å². The Balaban J connectivity index is 1.28. The zero-order chi connectivity index (χ0) is 31.6. The molecule has 13 heteroatoms. The quantitative estimate of drug-likeness (QED) is 0.110. The first kappa shape index (κ1) is 31.5. The number of alkyl halides is 3. The predicted molar refractivity (Wildman–Crippen MR) is 159 cm³/mol. The standard InChI is InChI=1S/C31H32F3N3O6S/c1-3-4-7-22-17-25-28(16-20(22)2)42-29-19-27-23(18-26(29)35-25)8-5-13-36(27)14-6-15-44(40,41)43-30(31(32,33)34)21-9-11-24(12-10-21)37(38)39/h9-12,16-19,30H,2-8,13-15H2,1H3. The number of non-ortho nitro benzene ring substituents is 1. The first-order valence-electron chi connectivity index (χ1n) is 14.4. The van der Waals surface area contributed by atoms with Crippen LogP contribution in [0.3, 0.4) is 0 Å². The van der Waals surface area contributed by atoms with E-state index in [1.165, 1.54) is 0 Å². The minimum absolute atomic E-state index is 0.0170. The summed E-state index contributed by atoms with van der Waals surface area (Å²) in [6, 6.07) is 11.2. The fraction of sp³-hybridized carbons (Fsp3) is 0.387. The molecule has 0 aromatic heterocycles. The Labute approximate surface area is 252 Å². The Morgan fingerprint density at radius 2 is 1.89 bits per heavy atom. The van der Waals surface area contributed by atoms with Gasteiger partial charge in [-0.15, -0.1) is 0 Å². The Morgan fingerprint density at radius 1 is 1.14 bits per heavy atom. The van der Waals surface area contributed by atoms with Crippen molar-refractivity contribution < 1.29 is 35.4 Å². The summed E-state index contributed by atoms with van der Waals surface area (Å²) < 4.78 is 77.4. The highest BCUT2D eigenvalue weighted by Crippen LogP contribution is 2.42. The predicted octanol–water partition coefficient (Wildman–Crippen LogP) is 6.20. The van der Waals surface area contributed by atoms with Gasteiger partial charge in [0.15, 0.2) is 17.6 Å². The molecule has 0 amide bonds. The molecule has 5 rings (SSSR count). The number of aryl methyl sites for hydroxylation is 2. The molecule has 0 saturated carbocycles. The summed E-state index contributed by atoms with van der Waals surface area (Å²) in [5.74, 6) is 0.534. The Morgan fingerprint density at radius 3 is 2.57 bits per heavy atom. The normalized spacial score (nSPS) is 15.0. The van der Waals surface area contributed by atoms with Gasteiger partial charge in [0, 0.05) is 37.0 Å². The van der Waals surface area contributed by atoms with Crippen molar-refractivity contribution in [2.75, 3.05) is 23.7 Å². The van der Waals surface area contributed by atoms with Crippen LogP contribution in [0.15, 0.2) is 53.5 Å². The molecule has 1 atom stereocenters. The molecule has 0 aliphatic carbocycles. The van der Waals surface area contributed by atoms with Crippen molar-refractivity contribution in [3.05, 3.63) is 85.9 Å². The number of unbranched alkanes of at least 4 members (excludes halogenated alkanes) is 1. The SMILES string of the molecule is C=c1cc2c(cc1CCCC)=Nc1cc3c(cc1O2)N(CCCS(=O)(=O)OC(c1ccc([N+](=O)[O-])cc1)C(F)(F)F)CCC3. The number of ether oxygens (including phenoxy) is 1. The lowest BCUT2D eigenvalue weighted by molar-refractivity contribution is -0.384. The molecule has 44 heavy (non-hydrogen) atoms. The number of anilines is 1. The lowest BCUT2D eigenvalue weighted by Crippen LogP contribution is -2.32. The number of benzene rings is 3. The number of rotatable bonds is 11. The largest absolute Gasteiger partial charge is 0.453 e. The van der Waals surface area contributed by atoms with E-state index in [0.29, 0.717) is 23.7 Å². The Hall–Kier alpha value is -3.97. The maximum atomic E-state index is 13.7. The molecular weight excluding hydrogens is 599 g/mol. The van der Waals surface area contributed by atoms with Crippen molar-refractivity contribution in [1.82, 2.24) is 0 Å². The van der Waals surface area contributed by atoms with Gasteiger partial charge in [0.1, 0.15) is 11.0 Å². The maximum Gasteiger partial charge on any atom is 0.420 e. The molecule has 0 radical (unpaired) electrons. The van der Waals surface area contributed by atoms with Crippen LogP contribution in [0.25, 0.3) is 6.58 Å². The van der Waals surface area contributed by atoms with Crippen LogP contribution in [0, 0.1) is 10.1 Å². The average Bonchev–Trinajstić information content (AvgIpc) is 2.96. The van der Waals surface area contributed by atoms with E-state index in [0.717, 1.165) is 83.8 Å².